The molecule has 1 heterocycles. The fourth-order valence-corrected chi connectivity index (χ4v) is 2.94. The van der Waals surface area contributed by atoms with E-state index in [2.05, 4.69) is 22.9 Å². The maximum absolute atomic E-state index is 10.3. The second-order valence-electron chi connectivity index (χ2n) is 3.81. The highest BCUT2D eigenvalue weighted by molar-refractivity contribution is 9.10. The van der Waals surface area contributed by atoms with Gasteiger partial charge >= 0.3 is 0 Å². The Morgan fingerprint density at radius 3 is 2.56 bits per heavy atom. The molecule has 2 rings (SSSR count). The Bertz CT molecular complexity index is 504. The minimum Gasteiger partial charge on any atom is -0.383 e. The molecule has 0 bridgehead atoms. The molecule has 84 valence electrons. The van der Waals surface area contributed by atoms with Crippen LogP contribution in [0.5, 0.6) is 0 Å². The van der Waals surface area contributed by atoms with Crippen molar-refractivity contribution in [2.75, 3.05) is 0 Å². The van der Waals surface area contributed by atoms with Crippen molar-refractivity contribution in [3.05, 3.63) is 55.7 Å². The smallest absolute Gasteiger partial charge is 0.113 e. The number of halogens is 1. The van der Waals surface area contributed by atoms with Crippen molar-refractivity contribution in [1.82, 2.24) is 0 Å². The van der Waals surface area contributed by atoms with Gasteiger partial charge in [-0.25, -0.2) is 0 Å². The molecule has 0 spiro atoms. The Labute approximate surface area is 108 Å². The molecule has 1 aromatic carbocycles. The third-order valence-electron chi connectivity index (χ3n) is 2.63. The van der Waals surface area contributed by atoms with Crippen LogP contribution in [-0.2, 0) is 0 Å². The summed E-state index contributed by atoms with van der Waals surface area (Å²) < 4.78 is 1.04. The van der Waals surface area contributed by atoms with E-state index in [0.717, 1.165) is 20.5 Å². The van der Waals surface area contributed by atoms with Crippen molar-refractivity contribution in [2.45, 2.75) is 20.0 Å². The lowest BCUT2D eigenvalue weighted by Gasteiger charge is -2.13. The van der Waals surface area contributed by atoms with Crippen LogP contribution in [0.1, 0.15) is 27.0 Å². The first-order valence-corrected chi connectivity index (χ1v) is 6.70. The monoisotopic (exact) mass is 296 g/mol. The van der Waals surface area contributed by atoms with Gasteiger partial charge in [0.05, 0.1) is 0 Å². The second-order valence-corrected chi connectivity index (χ2v) is 5.98. The van der Waals surface area contributed by atoms with Gasteiger partial charge in [0, 0.05) is 14.2 Å². The highest BCUT2D eigenvalue weighted by Gasteiger charge is 2.15. The normalized spacial score (nSPS) is 12.8. The molecule has 1 unspecified atom stereocenters. The predicted molar refractivity (Wildman–Crippen MR) is 72.0 cm³/mol. The summed E-state index contributed by atoms with van der Waals surface area (Å²) in [5.41, 5.74) is 2.07. The zero-order valence-electron chi connectivity index (χ0n) is 9.20. The quantitative estimate of drug-likeness (QED) is 0.880. The topological polar surface area (TPSA) is 20.2 Å². The van der Waals surface area contributed by atoms with Crippen LogP contribution in [0.4, 0.5) is 0 Å². The zero-order chi connectivity index (χ0) is 11.7. The lowest BCUT2D eigenvalue weighted by Crippen LogP contribution is -2.00. The van der Waals surface area contributed by atoms with E-state index < -0.39 is 6.10 Å². The van der Waals surface area contributed by atoms with Crippen LogP contribution >= 0.6 is 27.3 Å². The SMILES string of the molecule is Cc1ccc(C(O)c2cccc(Br)c2C)s1. The summed E-state index contributed by atoms with van der Waals surface area (Å²) in [6.45, 7) is 4.07. The number of hydrogen-bond acceptors (Lipinski definition) is 2. The van der Waals surface area contributed by atoms with E-state index in [1.165, 1.54) is 4.88 Å². The lowest BCUT2D eigenvalue weighted by atomic mass is 10.0. The van der Waals surface area contributed by atoms with Gasteiger partial charge in [-0.2, -0.15) is 0 Å². The summed E-state index contributed by atoms with van der Waals surface area (Å²) in [6, 6.07) is 9.95. The molecule has 1 N–H and O–H groups in total. The van der Waals surface area contributed by atoms with Gasteiger partial charge in [-0.05, 0) is 43.2 Å². The summed E-state index contributed by atoms with van der Waals surface area (Å²) in [5, 5.41) is 10.3. The highest BCUT2D eigenvalue weighted by Crippen LogP contribution is 2.32. The second kappa shape index (κ2) is 4.70. The summed E-state index contributed by atoms with van der Waals surface area (Å²) in [4.78, 5) is 2.22. The number of aliphatic hydroxyl groups excluding tert-OH is 1. The maximum atomic E-state index is 10.3. The molecule has 0 aliphatic rings. The van der Waals surface area contributed by atoms with Gasteiger partial charge in [0.15, 0.2) is 0 Å². The van der Waals surface area contributed by atoms with Crippen LogP contribution in [0, 0.1) is 13.8 Å². The number of thiophene rings is 1. The summed E-state index contributed by atoms with van der Waals surface area (Å²) >= 11 is 5.12. The fourth-order valence-electron chi connectivity index (χ4n) is 1.67. The van der Waals surface area contributed by atoms with Crippen molar-refractivity contribution in [1.29, 1.82) is 0 Å². The Kier molecular flexibility index (Phi) is 3.47. The first-order valence-electron chi connectivity index (χ1n) is 5.09. The molecular formula is C13H13BrOS. The molecular weight excluding hydrogens is 284 g/mol. The highest BCUT2D eigenvalue weighted by atomic mass is 79.9. The van der Waals surface area contributed by atoms with E-state index in [-0.39, 0.29) is 0 Å². The number of benzene rings is 1. The Morgan fingerprint density at radius 2 is 1.94 bits per heavy atom. The largest absolute Gasteiger partial charge is 0.383 e. The van der Waals surface area contributed by atoms with E-state index in [1.807, 2.05) is 37.3 Å². The summed E-state index contributed by atoms with van der Waals surface area (Å²) in [5.74, 6) is 0. The van der Waals surface area contributed by atoms with Gasteiger partial charge in [-0.1, -0.05) is 28.1 Å². The number of aryl methyl sites for hydroxylation is 1. The van der Waals surface area contributed by atoms with Crippen molar-refractivity contribution < 1.29 is 5.11 Å². The van der Waals surface area contributed by atoms with Gasteiger partial charge in [-0.15, -0.1) is 11.3 Å². The summed E-state index contributed by atoms with van der Waals surface area (Å²) in [6.07, 6.45) is -0.517. The Balaban J connectivity index is 2.41. The van der Waals surface area contributed by atoms with Crippen molar-refractivity contribution in [3.63, 3.8) is 0 Å². The van der Waals surface area contributed by atoms with E-state index in [4.69, 9.17) is 0 Å². The van der Waals surface area contributed by atoms with Crippen molar-refractivity contribution in [3.8, 4) is 0 Å². The molecule has 0 radical (unpaired) electrons. The molecule has 1 atom stereocenters. The minimum atomic E-state index is -0.517. The van der Waals surface area contributed by atoms with Gasteiger partial charge in [0.1, 0.15) is 6.10 Å². The van der Waals surface area contributed by atoms with Crippen LogP contribution in [0.3, 0.4) is 0 Å². The van der Waals surface area contributed by atoms with Crippen molar-refractivity contribution in [2.24, 2.45) is 0 Å². The molecule has 1 aromatic heterocycles. The van der Waals surface area contributed by atoms with E-state index in [1.54, 1.807) is 11.3 Å². The van der Waals surface area contributed by atoms with Gasteiger partial charge in [0.2, 0.25) is 0 Å². The van der Waals surface area contributed by atoms with Crippen LogP contribution in [0.15, 0.2) is 34.8 Å². The average Bonchev–Trinajstić information content (AvgIpc) is 2.68. The standard InChI is InChI=1S/C13H13BrOS/c1-8-6-7-12(16-8)13(15)10-4-3-5-11(14)9(10)2/h3-7,13,15H,1-2H3. The average molecular weight is 297 g/mol. The molecule has 1 nitrogen and oxygen atoms in total. The predicted octanol–water partition coefficient (Wildman–Crippen LogP) is 4.21. The summed E-state index contributed by atoms with van der Waals surface area (Å²) in [7, 11) is 0. The van der Waals surface area contributed by atoms with Crippen molar-refractivity contribution >= 4 is 27.3 Å². The third-order valence-corrected chi connectivity index (χ3v) is 4.55. The van der Waals surface area contributed by atoms with Gasteiger partial charge < -0.3 is 5.11 Å². The number of rotatable bonds is 2. The van der Waals surface area contributed by atoms with Crippen LogP contribution in [0.25, 0.3) is 0 Å². The maximum Gasteiger partial charge on any atom is 0.113 e. The van der Waals surface area contributed by atoms with Gasteiger partial charge in [0.25, 0.3) is 0 Å². The van der Waals surface area contributed by atoms with Crippen LogP contribution < -0.4 is 0 Å². The lowest BCUT2D eigenvalue weighted by molar-refractivity contribution is 0.223. The zero-order valence-corrected chi connectivity index (χ0v) is 11.6. The molecule has 0 fully saturated rings. The first-order chi connectivity index (χ1) is 7.59. The van der Waals surface area contributed by atoms with E-state index in [9.17, 15) is 5.11 Å². The molecule has 16 heavy (non-hydrogen) atoms. The molecule has 3 heteroatoms. The fraction of sp³-hybridized carbons (Fsp3) is 0.231. The Morgan fingerprint density at radius 1 is 1.19 bits per heavy atom. The molecule has 0 aliphatic heterocycles. The molecule has 0 amide bonds. The Hall–Kier alpha value is -0.640. The third kappa shape index (κ3) is 2.21. The first kappa shape index (κ1) is 11.8. The van der Waals surface area contributed by atoms with E-state index >= 15 is 0 Å². The molecule has 0 aliphatic carbocycles. The molecule has 0 saturated heterocycles. The van der Waals surface area contributed by atoms with Crippen LogP contribution in [0.2, 0.25) is 0 Å². The van der Waals surface area contributed by atoms with E-state index in [0.29, 0.717) is 0 Å². The molecule has 0 saturated carbocycles. The van der Waals surface area contributed by atoms with Crippen LogP contribution in [-0.4, -0.2) is 5.11 Å². The number of hydrogen-bond donors (Lipinski definition) is 1. The minimum absolute atomic E-state index is 0.517. The molecule has 2 aromatic rings. The van der Waals surface area contributed by atoms with Gasteiger partial charge in [-0.3, -0.25) is 0 Å². The number of aliphatic hydroxyl groups is 1.